The molecule has 0 aliphatic rings. The zero-order valence-corrected chi connectivity index (χ0v) is 8.79. The Morgan fingerprint density at radius 1 is 1.47 bits per heavy atom. The second-order valence-corrected chi connectivity index (χ2v) is 3.91. The summed E-state index contributed by atoms with van der Waals surface area (Å²) in [5.74, 6) is 0.757. The molecule has 0 radical (unpaired) electrons. The summed E-state index contributed by atoms with van der Waals surface area (Å²) < 4.78 is 0. The minimum absolute atomic E-state index is 0.757. The number of nitriles is 1. The van der Waals surface area contributed by atoms with Crippen LogP contribution >= 0.6 is 11.8 Å². The first kappa shape index (κ1) is 9.81. The minimum Gasteiger partial charge on any atom is -0.333 e. The van der Waals surface area contributed by atoms with Crippen LogP contribution in [0.1, 0.15) is 0 Å². The molecule has 0 fully saturated rings. The number of thioether (sulfide) groups is 1. The normalized spacial score (nSPS) is 10.9. The molecule has 0 spiro atoms. The highest BCUT2D eigenvalue weighted by Gasteiger charge is 2.00. The fraction of sp³-hybridized carbons (Fsp3) is 0.0909. The Labute approximate surface area is 91.8 Å². The Balaban J connectivity index is 2.09. The number of imidazole rings is 1. The number of para-hydroxylation sites is 2. The van der Waals surface area contributed by atoms with Crippen molar-refractivity contribution < 1.29 is 0 Å². The Kier molecular flexibility index (Phi) is 3.05. The second-order valence-electron chi connectivity index (χ2n) is 2.90. The largest absolute Gasteiger partial charge is 0.333 e. The first-order valence-corrected chi connectivity index (χ1v) is 5.51. The first-order valence-electron chi connectivity index (χ1n) is 4.52. The van der Waals surface area contributed by atoms with Crippen molar-refractivity contribution in [3.8, 4) is 6.07 Å². The Morgan fingerprint density at radius 2 is 2.33 bits per heavy atom. The molecule has 4 heteroatoms. The molecule has 0 amide bonds. The lowest BCUT2D eigenvalue weighted by Gasteiger charge is -1.88. The number of fused-ring (bicyclic) bond motifs is 1. The monoisotopic (exact) mass is 215 g/mol. The van der Waals surface area contributed by atoms with Gasteiger partial charge in [0.15, 0.2) is 5.16 Å². The van der Waals surface area contributed by atoms with Crippen LogP contribution in [0.25, 0.3) is 11.0 Å². The lowest BCUT2D eigenvalue weighted by molar-refractivity contribution is 1.08. The average Bonchev–Trinajstić information content (AvgIpc) is 2.67. The van der Waals surface area contributed by atoms with Gasteiger partial charge in [-0.3, -0.25) is 0 Å². The molecule has 0 aliphatic carbocycles. The molecule has 74 valence electrons. The topological polar surface area (TPSA) is 52.5 Å². The number of H-pyrrole nitrogens is 1. The van der Waals surface area contributed by atoms with E-state index in [0.29, 0.717) is 0 Å². The highest BCUT2D eigenvalue weighted by Crippen LogP contribution is 2.18. The number of hydrogen-bond acceptors (Lipinski definition) is 3. The van der Waals surface area contributed by atoms with Crippen molar-refractivity contribution >= 4 is 22.8 Å². The Bertz CT molecular complexity index is 489. The summed E-state index contributed by atoms with van der Waals surface area (Å²) in [6.45, 7) is 0. The van der Waals surface area contributed by atoms with E-state index in [4.69, 9.17) is 5.26 Å². The van der Waals surface area contributed by atoms with Gasteiger partial charge in [-0.05, 0) is 12.1 Å². The van der Waals surface area contributed by atoms with Gasteiger partial charge in [0, 0.05) is 11.8 Å². The second kappa shape index (κ2) is 4.67. The number of allylic oxidation sites excluding steroid dienone is 1. The number of rotatable bonds is 3. The number of aromatic nitrogens is 2. The van der Waals surface area contributed by atoms with E-state index in [1.165, 1.54) is 6.08 Å². The zero-order chi connectivity index (χ0) is 10.5. The SMILES string of the molecule is N#CC=CCSc1nc2ccccc2[nH]1. The van der Waals surface area contributed by atoms with E-state index in [9.17, 15) is 0 Å². The third kappa shape index (κ3) is 2.39. The van der Waals surface area contributed by atoms with Crippen LogP contribution in [-0.2, 0) is 0 Å². The summed E-state index contributed by atoms with van der Waals surface area (Å²) in [4.78, 5) is 7.61. The van der Waals surface area contributed by atoms with E-state index in [-0.39, 0.29) is 0 Å². The molecule has 0 bridgehead atoms. The molecule has 0 atom stereocenters. The summed E-state index contributed by atoms with van der Waals surface area (Å²) in [7, 11) is 0. The molecule has 1 aromatic carbocycles. The summed E-state index contributed by atoms with van der Waals surface area (Å²) in [6, 6.07) is 9.87. The lowest BCUT2D eigenvalue weighted by Crippen LogP contribution is -1.75. The Hall–Kier alpha value is -1.73. The number of nitrogens with zero attached hydrogens (tertiary/aromatic N) is 2. The third-order valence-electron chi connectivity index (χ3n) is 1.88. The molecule has 0 aliphatic heterocycles. The standard InChI is InChI=1S/C11H9N3S/c12-7-3-4-8-15-11-13-9-5-1-2-6-10(9)14-11/h1-6H,8H2,(H,13,14). The van der Waals surface area contributed by atoms with E-state index < -0.39 is 0 Å². The van der Waals surface area contributed by atoms with Gasteiger partial charge in [0.1, 0.15) is 0 Å². The van der Waals surface area contributed by atoms with E-state index in [2.05, 4.69) is 9.97 Å². The molecule has 1 aromatic heterocycles. The molecular weight excluding hydrogens is 206 g/mol. The fourth-order valence-corrected chi connectivity index (χ4v) is 1.92. The number of benzene rings is 1. The van der Waals surface area contributed by atoms with Crippen molar-refractivity contribution in [2.45, 2.75) is 5.16 Å². The predicted octanol–water partition coefficient (Wildman–Crippen LogP) is 2.73. The molecular formula is C11H9N3S. The van der Waals surface area contributed by atoms with Crippen molar-refractivity contribution in [3.05, 3.63) is 36.4 Å². The van der Waals surface area contributed by atoms with Gasteiger partial charge in [0.2, 0.25) is 0 Å². The predicted molar refractivity (Wildman–Crippen MR) is 61.6 cm³/mol. The lowest BCUT2D eigenvalue weighted by atomic mass is 10.3. The van der Waals surface area contributed by atoms with Crippen LogP contribution in [0, 0.1) is 11.3 Å². The molecule has 0 unspecified atom stereocenters. The molecule has 3 nitrogen and oxygen atoms in total. The number of aromatic amines is 1. The summed E-state index contributed by atoms with van der Waals surface area (Å²) in [6.07, 6.45) is 3.30. The van der Waals surface area contributed by atoms with Gasteiger partial charge in [0.05, 0.1) is 17.1 Å². The number of hydrogen-bond donors (Lipinski definition) is 1. The van der Waals surface area contributed by atoms with Crippen molar-refractivity contribution in [1.82, 2.24) is 9.97 Å². The van der Waals surface area contributed by atoms with Gasteiger partial charge >= 0.3 is 0 Å². The number of nitrogens with one attached hydrogen (secondary N) is 1. The van der Waals surface area contributed by atoms with E-state index in [1.807, 2.05) is 36.4 Å². The van der Waals surface area contributed by atoms with E-state index in [0.717, 1.165) is 21.9 Å². The highest BCUT2D eigenvalue weighted by atomic mass is 32.2. The van der Waals surface area contributed by atoms with E-state index >= 15 is 0 Å². The Morgan fingerprint density at radius 3 is 3.13 bits per heavy atom. The fourth-order valence-electron chi connectivity index (χ4n) is 1.23. The van der Waals surface area contributed by atoms with Crippen LogP contribution in [-0.4, -0.2) is 15.7 Å². The third-order valence-corrected chi connectivity index (χ3v) is 2.70. The van der Waals surface area contributed by atoms with Gasteiger partial charge in [-0.25, -0.2) is 4.98 Å². The molecule has 2 aromatic rings. The smallest absolute Gasteiger partial charge is 0.166 e. The van der Waals surface area contributed by atoms with Gasteiger partial charge in [-0.1, -0.05) is 30.0 Å². The van der Waals surface area contributed by atoms with Crippen molar-refractivity contribution in [2.24, 2.45) is 0 Å². The van der Waals surface area contributed by atoms with Gasteiger partial charge in [-0.15, -0.1) is 0 Å². The summed E-state index contributed by atoms with van der Waals surface area (Å²) in [5.41, 5.74) is 2.02. The average molecular weight is 215 g/mol. The molecule has 2 rings (SSSR count). The zero-order valence-electron chi connectivity index (χ0n) is 7.97. The molecule has 0 saturated heterocycles. The van der Waals surface area contributed by atoms with Crippen LogP contribution in [0.3, 0.4) is 0 Å². The van der Waals surface area contributed by atoms with Crippen molar-refractivity contribution in [1.29, 1.82) is 5.26 Å². The molecule has 0 saturated carbocycles. The molecule has 1 heterocycles. The quantitative estimate of drug-likeness (QED) is 0.632. The van der Waals surface area contributed by atoms with Crippen molar-refractivity contribution in [3.63, 3.8) is 0 Å². The summed E-state index contributed by atoms with van der Waals surface area (Å²) >= 11 is 1.58. The van der Waals surface area contributed by atoms with Crippen LogP contribution in [0.5, 0.6) is 0 Å². The van der Waals surface area contributed by atoms with Crippen LogP contribution in [0.15, 0.2) is 41.6 Å². The van der Waals surface area contributed by atoms with Crippen LogP contribution < -0.4 is 0 Å². The van der Waals surface area contributed by atoms with Gasteiger partial charge < -0.3 is 4.98 Å². The van der Waals surface area contributed by atoms with Gasteiger partial charge in [0.25, 0.3) is 0 Å². The maximum Gasteiger partial charge on any atom is 0.166 e. The highest BCUT2D eigenvalue weighted by molar-refractivity contribution is 7.99. The maximum absolute atomic E-state index is 8.31. The van der Waals surface area contributed by atoms with E-state index in [1.54, 1.807) is 11.8 Å². The van der Waals surface area contributed by atoms with Crippen LogP contribution in [0.4, 0.5) is 0 Å². The van der Waals surface area contributed by atoms with Crippen LogP contribution in [0.2, 0.25) is 0 Å². The minimum atomic E-state index is 0.757. The molecule has 1 N–H and O–H groups in total. The van der Waals surface area contributed by atoms with Gasteiger partial charge in [-0.2, -0.15) is 5.26 Å². The molecule has 15 heavy (non-hydrogen) atoms. The van der Waals surface area contributed by atoms with Crippen molar-refractivity contribution in [2.75, 3.05) is 5.75 Å². The summed E-state index contributed by atoms with van der Waals surface area (Å²) in [5, 5.41) is 9.20. The first-order chi connectivity index (χ1) is 7.40. The maximum atomic E-state index is 8.31.